The van der Waals surface area contributed by atoms with Gasteiger partial charge in [0.15, 0.2) is 0 Å². The summed E-state index contributed by atoms with van der Waals surface area (Å²) >= 11 is 4.76. The van der Waals surface area contributed by atoms with Gasteiger partial charge in [0.05, 0.1) is 20.6 Å². The lowest BCUT2D eigenvalue weighted by molar-refractivity contribution is 0.0956. The van der Waals surface area contributed by atoms with Gasteiger partial charge in [-0.3, -0.25) is 9.59 Å². The standard InChI is InChI=1S/C14H13BrN2O2S/c1-2-16-14(19)10-5-3-4-6-11(10)17-13(18)9-7-12(15)20-8-9/h3-8H,2H2,1H3,(H,16,19)(H,17,18). The first kappa shape index (κ1) is 14.7. The highest BCUT2D eigenvalue weighted by molar-refractivity contribution is 9.11. The number of carbonyl (C=O) groups excluding carboxylic acids is 2. The largest absolute Gasteiger partial charge is 0.352 e. The zero-order valence-corrected chi connectivity index (χ0v) is 13.2. The number of benzene rings is 1. The van der Waals surface area contributed by atoms with Crippen LogP contribution in [0.25, 0.3) is 0 Å². The molecule has 1 aromatic heterocycles. The molecule has 0 radical (unpaired) electrons. The van der Waals surface area contributed by atoms with Gasteiger partial charge >= 0.3 is 0 Å². The van der Waals surface area contributed by atoms with E-state index >= 15 is 0 Å². The van der Waals surface area contributed by atoms with E-state index in [0.29, 0.717) is 23.4 Å². The molecule has 20 heavy (non-hydrogen) atoms. The lowest BCUT2D eigenvalue weighted by atomic mass is 10.1. The van der Waals surface area contributed by atoms with E-state index in [0.717, 1.165) is 3.79 Å². The fourth-order valence-corrected chi connectivity index (χ4v) is 2.81. The average Bonchev–Trinajstić information content (AvgIpc) is 2.86. The van der Waals surface area contributed by atoms with Crippen molar-refractivity contribution in [3.8, 4) is 0 Å². The summed E-state index contributed by atoms with van der Waals surface area (Å²) in [5, 5.41) is 7.25. The van der Waals surface area contributed by atoms with Gasteiger partial charge in [-0.05, 0) is 41.1 Å². The van der Waals surface area contributed by atoms with E-state index in [9.17, 15) is 9.59 Å². The summed E-state index contributed by atoms with van der Waals surface area (Å²) in [6, 6.07) is 8.69. The Kier molecular flexibility index (Phi) is 4.92. The molecule has 0 saturated heterocycles. The quantitative estimate of drug-likeness (QED) is 0.884. The van der Waals surface area contributed by atoms with E-state index in [1.54, 1.807) is 35.7 Å². The number of carbonyl (C=O) groups is 2. The molecule has 2 N–H and O–H groups in total. The number of hydrogen-bond donors (Lipinski definition) is 2. The molecule has 2 amide bonds. The zero-order valence-electron chi connectivity index (χ0n) is 10.8. The fourth-order valence-electron chi connectivity index (χ4n) is 1.67. The average molecular weight is 353 g/mol. The van der Waals surface area contributed by atoms with E-state index in [4.69, 9.17) is 0 Å². The van der Waals surface area contributed by atoms with Crippen LogP contribution in [0.3, 0.4) is 0 Å². The van der Waals surface area contributed by atoms with Crippen LogP contribution in [0.15, 0.2) is 39.5 Å². The second-order valence-corrected chi connectivity index (χ2v) is 6.29. The van der Waals surface area contributed by atoms with Gasteiger partial charge in [0.25, 0.3) is 11.8 Å². The van der Waals surface area contributed by atoms with Crippen LogP contribution in [0, 0.1) is 0 Å². The molecule has 0 bridgehead atoms. The molecule has 0 atom stereocenters. The number of amides is 2. The van der Waals surface area contributed by atoms with E-state index in [1.165, 1.54) is 11.3 Å². The normalized spacial score (nSPS) is 10.1. The molecule has 0 unspecified atom stereocenters. The summed E-state index contributed by atoms with van der Waals surface area (Å²) in [6.07, 6.45) is 0. The van der Waals surface area contributed by atoms with Crippen LogP contribution in [0.5, 0.6) is 0 Å². The molecular weight excluding hydrogens is 340 g/mol. The summed E-state index contributed by atoms with van der Waals surface area (Å²) in [4.78, 5) is 24.0. The topological polar surface area (TPSA) is 58.2 Å². The Morgan fingerprint density at radius 1 is 1.25 bits per heavy atom. The highest BCUT2D eigenvalue weighted by atomic mass is 79.9. The summed E-state index contributed by atoms with van der Waals surface area (Å²) in [5.74, 6) is -0.432. The monoisotopic (exact) mass is 352 g/mol. The van der Waals surface area contributed by atoms with Crippen molar-refractivity contribution in [3.63, 3.8) is 0 Å². The number of thiophene rings is 1. The third kappa shape index (κ3) is 3.46. The van der Waals surface area contributed by atoms with E-state index in [2.05, 4.69) is 26.6 Å². The molecule has 0 aliphatic rings. The molecule has 0 saturated carbocycles. The Morgan fingerprint density at radius 3 is 2.65 bits per heavy atom. The third-order valence-corrected chi connectivity index (χ3v) is 4.09. The smallest absolute Gasteiger partial charge is 0.256 e. The second-order valence-electron chi connectivity index (χ2n) is 4.00. The van der Waals surface area contributed by atoms with Gasteiger partial charge in [-0.15, -0.1) is 11.3 Å². The summed E-state index contributed by atoms with van der Waals surface area (Å²) in [5.41, 5.74) is 1.52. The minimum atomic E-state index is -0.233. The molecule has 0 fully saturated rings. The van der Waals surface area contributed by atoms with Crippen LogP contribution < -0.4 is 10.6 Å². The van der Waals surface area contributed by atoms with E-state index in [-0.39, 0.29) is 11.8 Å². The van der Waals surface area contributed by atoms with E-state index < -0.39 is 0 Å². The van der Waals surface area contributed by atoms with Gasteiger partial charge in [0, 0.05) is 11.9 Å². The Hall–Kier alpha value is -1.66. The van der Waals surface area contributed by atoms with Crippen LogP contribution in [0.1, 0.15) is 27.6 Å². The number of hydrogen-bond acceptors (Lipinski definition) is 3. The molecule has 1 aromatic carbocycles. The first-order valence-electron chi connectivity index (χ1n) is 6.04. The van der Waals surface area contributed by atoms with Crippen molar-refractivity contribution in [3.05, 3.63) is 50.6 Å². The van der Waals surface area contributed by atoms with Gasteiger partial charge in [-0.25, -0.2) is 0 Å². The number of anilines is 1. The SMILES string of the molecule is CCNC(=O)c1ccccc1NC(=O)c1csc(Br)c1. The number of rotatable bonds is 4. The lowest BCUT2D eigenvalue weighted by Gasteiger charge is -2.10. The van der Waals surface area contributed by atoms with Crippen molar-refractivity contribution in [2.45, 2.75) is 6.92 Å². The lowest BCUT2D eigenvalue weighted by Crippen LogP contribution is -2.24. The van der Waals surface area contributed by atoms with Crippen molar-refractivity contribution in [2.24, 2.45) is 0 Å². The molecular formula is C14H13BrN2O2S. The van der Waals surface area contributed by atoms with Gasteiger partial charge in [-0.1, -0.05) is 12.1 Å². The molecule has 0 aliphatic heterocycles. The van der Waals surface area contributed by atoms with Crippen LogP contribution in [0.4, 0.5) is 5.69 Å². The van der Waals surface area contributed by atoms with Crippen molar-refractivity contribution >= 4 is 44.8 Å². The maximum atomic E-state index is 12.1. The van der Waals surface area contributed by atoms with Crippen molar-refractivity contribution in [2.75, 3.05) is 11.9 Å². The molecule has 2 rings (SSSR count). The van der Waals surface area contributed by atoms with Gasteiger partial charge in [0.1, 0.15) is 0 Å². The highest BCUT2D eigenvalue weighted by Crippen LogP contribution is 2.22. The van der Waals surface area contributed by atoms with Crippen molar-refractivity contribution in [1.82, 2.24) is 5.32 Å². The molecule has 0 aliphatic carbocycles. The molecule has 104 valence electrons. The predicted molar refractivity (Wildman–Crippen MR) is 84.4 cm³/mol. The Morgan fingerprint density at radius 2 is 2.00 bits per heavy atom. The molecule has 4 nitrogen and oxygen atoms in total. The highest BCUT2D eigenvalue weighted by Gasteiger charge is 2.14. The first-order valence-corrected chi connectivity index (χ1v) is 7.71. The number of nitrogens with one attached hydrogen (secondary N) is 2. The number of para-hydroxylation sites is 1. The maximum absolute atomic E-state index is 12.1. The summed E-state index contributed by atoms with van der Waals surface area (Å²) in [7, 11) is 0. The Labute approximate surface area is 129 Å². The van der Waals surface area contributed by atoms with Crippen LogP contribution in [0.2, 0.25) is 0 Å². The second kappa shape index (κ2) is 6.67. The molecule has 6 heteroatoms. The molecule has 2 aromatic rings. The predicted octanol–water partition coefficient (Wildman–Crippen LogP) is 3.51. The first-order chi connectivity index (χ1) is 9.61. The van der Waals surface area contributed by atoms with Gasteiger partial charge in [0.2, 0.25) is 0 Å². The van der Waals surface area contributed by atoms with Crippen LogP contribution >= 0.6 is 27.3 Å². The summed E-state index contributed by atoms with van der Waals surface area (Å²) < 4.78 is 0.889. The maximum Gasteiger partial charge on any atom is 0.256 e. The van der Waals surface area contributed by atoms with Gasteiger partial charge < -0.3 is 10.6 Å². The van der Waals surface area contributed by atoms with Crippen molar-refractivity contribution < 1.29 is 9.59 Å². The Bertz CT molecular complexity index is 640. The van der Waals surface area contributed by atoms with Gasteiger partial charge in [-0.2, -0.15) is 0 Å². The van der Waals surface area contributed by atoms with Crippen LogP contribution in [-0.2, 0) is 0 Å². The third-order valence-electron chi connectivity index (χ3n) is 2.59. The zero-order chi connectivity index (χ0) is 14.5. The molecule has 1 heterocycles. The Balaban J connectivity index is 2.21. The summed E-state index contributed by atoms with van der Waals surface area (Å²) in [6.45, 7) is 2.39. The molecule has 0 spiro atoms. The van der Waals surface area contributed by atoms with Crippen molar-refractivity contribution in [1.29, 1.82) is 0 Å². The minimum absolute atomic E-state index is 0.199. The fraction of sp³-hybridized carbons (Fsp3) is 0.143. The minimum Gasteiger partial charge on any atom is -0.352 e. The van der Waals surface area contributed by atoms with Crippen LogP contribution in [-0.4, -0.2) is 18.4 Å². The number of halogens is 1. The van der Waals surface area contributed by atoms with E-state index in [1.807, 2.05) is 6.92 Å².